The lowest BCUT2D eigenvalue weighted by Crippen LogP contribution is -2.42. The standard InChI is InChI=1S/C19H21FO5/c20-16(11-21)18(24-12-14-7-3-1-4-8-14)17(22)13-25-19(23)15-9-5-2-6-10-15/h1-10,16-18,21-22H,11-13H2/t16-,17?,18-/m0/s1. The monoisotopic (exact) mass is 348 g/mol. The summed E-state index contributed by atoms with van der Waals surface area (Å²) in [6.45, 7) is -1.17. The van der Waals surface area contributed by atoms with Crippen LogP contribution in [0.3, 0.4) is 0 Å². The second-order valence-corrected chi connectivity index (χ2v) is 5.49. The average Bonchev–Trinajstić information content (AvgIpc) is 2.67. The minimum absolute atomic E-state index is 0.0651. The Balaban J connectivity index is 1.91. The Kier molecular flexibility index (Phi) is 7.53. The van der Waals surface area contributed by atoms with E-state index in [1.54, 1.807) is 42.5 Å². The molecule has 0 fully saturated rings. The number of carbonyl (C=O) groups excluding carboxylic acids is 1. The van der Waals surface area contributed by atoms with Crippen molar-refractivity contribution in [2.75, 3.05) is 13.2 Å². The van der Waals surface area contributed by atoms with Crippen molar-refractivity contribution in [3.05, 3.63) is 71.8 Å². The van der Waals surface area contributed by atoms with E-state index >= 15 is 0 Å². The SMILES string of the molecule is O=C(OCC(O)[C@@H](OCc1ccccc1)[C@@H](F)CO)c1ccccc1. The lowest BCUT2D eigenvalue weighted by molar-refractivity contribution is -0.109. The molecule has 0 aliphatic rings. The van der Waals surface area contributed by atoms with E-state index in [4.69, 9.17) is 14.6 Å². The van der Waals surface area contributed by atoms with Gasteiger partial charge in [0, 0.05) is 0 Å². The van der Waals surface area contributed by atoms with Crippen LogP contribution in [0.5, 0.6) is 0 Å². The molecule has 2 aromatic rings. The molecule has 0 spiro atoms. The molecule has 0 aromatic heterocycles. The van der Waals surface area contributed by atoms with Gasteiger partial charge in [0.2, 0.25) is 0 Å². The fraction of sp³-hybridized carbons (Fsp3) is 0.316. The van der Waals surface area contributed by atoms with Crippen LogP contribution in [0.15, 0.2) is 60.7 Å². The van der Waals surface area contributed by atoms with Crippen LogP contribution in [0.1, 0.15) is 15.9 Å². The van der Waals surface area contributed by atoms with Crippen molar-refractivity contribution in [3.63, 3.8) is 0 Å². The molecule has 0 saturated carbocycles. The highest BCUT2D eigenvalue weighted by molar-refractivity contribution is 5.89. The molecule has 0 bridgehead atoms. The second-order valence-electron chi connectivity index (χ2n) is 5.49. The van der Waals surface area contributed by atoms with E-state index < -0.39 is 37.6 Å². The van der Waals surface area contributed by atoms with Crippen LogP contribution < -0.4 is 0 Å². The van der Waals surface area contributed by atoms with Crippen LogP contribution in [0.2, 0.25) is 0 Å². The molecule has 2 N–H and O–H groups in total. The lowest BCUT2D eigenvalue weighted by Gasteiger charge is -2.25. The van der Waals surface area contributed by atoms with Gasteiger partial charge in [0.05, 0.1) is 18.8 Å². The van der Waals surface area contributed by atoms with E-state index in [2.05, 4.69) is 0 Å². The first-order valence-corrected chi connectivity index (χ1v) is 7.92. The third-order valence-corrected chi connectivity index (χ3v) is 3.59. The van der Waals surface area contributed by atoms with Crippen molar-refractivity contribution < 1.29 is 28.9 Å². The zero-order chi connectivity index (χ0) is 18.1. The number of aliphatic hydroxyl groups is 2. The first-order valence-electron chi connectivity index (χ1n) is 7.92. The highest BCUT2D eigenvalue weighted by atomic mass is 19.1. The zero-order valence-electron chi connectivity index (χ0n) is 13.6. The highest BCUT2D eigenvalue weighted by Crippen LogP contribution is 2.14. The number of esters is 1. The quantitative estimate of drug-likeness (QED) is 0.679. The summed E-state index contributed by atoms with van der Waals surface area (Å²) in [5.41, 5.74) is 1.13. The number of hydrogen-bond acceptors (Lipinski definition) is 5. The third kappa shape index (κ3) is 5.94. The number of benzene rings is 2. The maximum absolute atomic E-state index is 13.9. The molecule has 25 heavy (non-hydrogen) atoms. The fourth-order valence-electron chi connectivity index (χ4n) is 2.24. The molecule has 0 radical (unpaired) electrons. The molecule has 0 aliphatic heterocycles. The van der Waals surface area contributed by atoms with Crippen molar-refractivity contribution in [1.82, 2.24) is 0 Å². The molecule has 6 heteroatoms. The van der Waals surface area contributed by atoms with Gasteiger partial charge in [-0.15, -0.1) is 0 Å². The molecule has 134 valence electrons. The molecule has 2 rings (SSSR count). The zero-order valence-corrected chi connectivity index (χ0v) is 13.6. The van der Waals surface area contributed by atoms with Gasteiger partial charge in [-0.2, -0.15) is 0 Å². The summed E-state index contributed by atoms with van der Waals surface area (Å²) < 4.78 is 24.3. The summed E-state index contributed by atoms with van der Waals surface area (Å²) in [4.78, 5) is 11.9. The van der Waals surface area contributed by atoms with Gasteiger partial charge in [-0.3, -0.25) is 0 Å². The second kappa shape index (κ2) is 9.88. The maximum Gasteiger partial charge on any atom is 0.338 e. The van der Waals surface area contributed by atoms with Crippen molar-refractivity contribution in [1.29, 1.82) is 0 Å². The van der Waals surface area contributed by atoms with E-state index in [-0.39, 0.29) is 6.61 Å². The van der Waals surface area contributed by atoms with E-state index in [1.165, 1.54) is 0 Å². The normalized spacial score (nSPS) is 14.5. The summed E-state index contributed by atoms with van der Waals surface area (Å²) in [5, 5.41) is 19.2. The summed E-state index contributed by atoms with van der Waals surface area (Å²) in [7, 11) is 0. The molecular weight excluding hydrogens is 327 g/mol. The van der Waals surface area contributed by atoms with Crippen LogP contribution in [-0.4, -0.2) is 47.8 Å². The Morgan fingerprint density at radius 2 is 1.64 bits per heavy atom. The van der Waals surface area contributed by atoms with Crippen LogP contribution in [0.25, 0.3) is 0 Å². The number of carbonyl (C=O) groups is 1. The summed E-state index contributed by atoms with van der Waals surface area (Å²) in [5.74, 6) is -0.624. The Morgan fingerprint density at radius 3 is 2.24 bits per heavy atom. The van der Waals surface area contributed by atoms with Gasteiger partial charge >= 0.3 is 5.97 Å². The van der Waals surface area contributed by atoms with Gasteiger partial charge in [-0.05, 0) is 17.7 Å². The first kappa shape index (κ1) is 19.1. The van der Waals surface area contributed by atoms with E-state index in [0.717, 1.165) is 5.56 Å². The summed E-state index contributed by atoms with van der Waals surface area (Å²) >= 11 is 0. The minimum atomic E-state index is -1.80. The van der Waals surface area contributed by atoms with Crippen molar-refractivity contribution in [2.24, 2.45) is 0 Å². The van der Waals surface area contributed by atoms with E-state index in [0.29, 0.717) is 5.56 Å². The van der Waals surface area contributed by atoms with Gasteiger partial charge in [0.15, 0.2) is 6.17 Å². The molecular formula is C19H21FO5. The van der Waals surface area contributed by atoms with Crippen LogP contribution in [0.4, 0.5) is 4.39 Å². The first-order chi connectivity index (χ1) is 12.1. The predicted molar refractivity (Wildman–Crippen MR) is 89.7 cm³/mol. The Labute approximate surface area is 145 Å². The Bertz CT molecular complexity index is 635. The van der Waals surface area contributed by atoms with Crippen LogP contribution in [-0.2, 0) is 16.1 Å². The molecule has 3 atom stereocenters. The smallest absolute Gasteiger partial charge is 0.338 e. The third-order valence-electron chi connectivity index (χ3n) is 3.59. The topological polar surface area (TPSA) is 76.0 Å². The molecule has 2 aromatic carbocycles. The molecule has 0 aliphatic carbocycles. The Hall–Kier alpha value is -2.28. The number of aliphatic hydroxyl groups excluding tert-OH is 2. The predicted octanol–water partition coefficient (Wildman–Crippen LogP) is 2.12. The molecule has 0 saturated heterocycles. The lowest BCUT2D eigenvalue weighted by atomic mass is 10.1. The van der Waals surface area contributed by atoms with Crippen molar-refractivity contribution in [3.8, 4) is 0 Å². The van der Waals surface area contributed by atoms with E-state index in [9.17, 15) is 14.3 Å². The van der Waals surface area contributed by atoms with Crippen LogP contribution >= 0.6 is 0 Å². The van der Waals surface area contributed by atoms with Crippen LogP contribution in [0, 0.1) is 0 Å². The summed E-state index contributed by atoms with van der Waals surface area (Å²) in [6.07, 6.45) is -4.51. The Morgan fingerprint density at radius 1 is 1.04 bits per heavy atom. The molecule has 5 nitrogen and oxygen atoms in total. The number of halogens is 1. The molecule has 0 amide bonds. The average molecular weight is 348 g/mol. The number of rotatable bonds is 9. The largest absolute Gasteiger partial charge is 0.459 e. The minimum Gasteiger partial charge on any atom is -0.459 e. The van der Waals surface area contributed by atoms with E-state index in [1.807, 2.05) is 18.2 Å². The highest BCUT2D eigenvalue weighted by Gasteiger charge is 2.30. The molecule has 1 unspecified atom stereocenters. The number of alkyl halides is 1. The van der Waals surface area contributed by atoms with Gasteiger partial charge in [0.25, 0.3) is 0 Å². The fourth-order valence-corrected chi connectivity index (χ4v) is 2.24. The van der Waals surface area contributed by atoms with Crippen molar-refractivity contribution >= 4 is 5.97 Å². The maximum atomic E-state index is 13.9. The van der Waals surface area contributed by atoms with Gasteiger partial charge in [-0.25, -0.2) is 9.18 Å². The van der Waals surface area contributed by atoms with Gasteiger partial charge in [-0.1, -0.05) is 48.5 Å². The number of hydrogen-bond donors (Lipinski definition) is 2. The van der Waals surface area contributed by atoms with Crippen molar-refractivity contribution in [2.45, 2.75) is 25.0 Å². The summed E-state index contributed by atoms with van der Waals surface area (Å²) in [6, 6.07) is 17.3. The van der Waals surface area contributed by atoms with Gasteiger partial charge < -0.3 is 19.7 Å². The number of ether oxygens (including phenoxy) is 2. The molecule has 0 heterocycles. The van der Waals surface area contributed by atoms with Gasteiger partial charge in [0.1, 0.15) is 18.8 Å².